The number of hydrogen-bond donors (Lipinski definition) is 2. The quantitative estimate of drug-likeness (QED) is 0.843. The third kappa shape index (κ3) is 3.20. The molecule has 0 amide bonds. The third-order valence-electron chi connectivity index (χ3n) is 2.67. The molecule has 5 nitrogen and oxygen atoms in total. The van der Waals surface area contributed by atoms with Crippen LogP contribution < -0.4 is 10.2 Å². The predicted molar refractivity (Wildman–Crippen MR) is 70.8 cm³/mol. The molecule has 6 heteroatoms. The maximum absolute atomic E-state index is 9.35. The van der Waals surface area contributed by atoms with Crippen LogP contribution in [0.1, 0.15) is 20.8 Å². The number of anilines is 2. The van der Waals surface area contributed by atoms with E-state index in [1.807, 2.05) is 32.7 Å². The standard InChI is InChI=1S/C11H19ClN4O/c1-5-13-10-14-6-8(12)9(15-10)16(4)11(2,3)7-17/h6,17H,5,7H2,1-4H3,(H,13,14,15). The Balaban J connectivity index is 3.07. The van der Waals surface area contributed by atoms with Crippen molar-refractivity contribution in [3.63, 3.8) is 0 Å². The van der Waals surface area contributed by atoms with Crippen LogP contribution in [0.2, 0.25) is 5.02 Å². The fourth-order valence-corrected chi connectivity index (χ4v) is 1.45. The second-order valence-corrected chi connectivity index (χ2v) is 4.83. The van der Waals surface area contributed by atoms with Gasteiger partial charge in [0.1, 0.15) is 5.02 Å². The van der Waals surface area contributed by atoms with Gasteiger partial charge < -0.3 is 15.3 Å². The fourth-order valence-electron chi connectivity index (χ4n) is 1.23. The molecule has 0 aliphatic carbocycles. The highest BCUT2D eigenvalue weighted by Gasteiger charge is 2.25. The molecule has 0 aliphatic heterocycles. The fraction of sp³-hybridized carbons (Fsp3) is 0.636. The lowest BCUT2D eigenvalue weighted by atomic mass is 10.1. The van der Waals surface area contributed by atoms with Crippen molar-refractivity contribution in [2.75, 3.05) is 30.4 Å². The number of aromatic nitrogens is 2. The van der Waals surface area contributed by atoms with E-state index in [0.717, 1.165) is 6.54 Å². The van der Waals surface area contributed by atoms with Crippen molar-refractivity contribution in [1.29, 1.82) is 0 Å². The molecule has 0 unspecified atom stereocenters. The molecule has 0 atom stereocenters. The zero-order valence-electron chi connectivity index (χ0n) is 10.7. The largest absolute Gasteiger partial charge is 0.394 e. The van der Waals surface area contributed by atoms with E-state index in [0.29, 0.717) is 16.8 Å². The van der Waals surface area contributed by atoms with Gasteiger partial charge in [0.15, 0.2) is 5.82 Å². The summed E-state index contributed by atoms with van der Waals surface area (Å²) in [6, 6.07) is 0. The summed E-state index contributed by atoms with van der Waals surface area (Å²) in [7, 11) is 1.85. The molecule has 0 fully saturated rings. The van der Waals surface area contributed by atoms with Crippen LogP contribution in [0.15, 0.2) is 6.20 Å². The van der Waals surface area contributed by atoms with Crippen LogP contribution in [0, 0.1) is 0 Å². The zero-order chi connectivity index (χ0) is 13.1. The molecule has 1 aromatic rings. The Labute approximate surface area is 107 Å². The first kappa shape index (κ1) is 14.0. The van der Waals surface area contributed by atoms with Gasteiger partial charge in [0.25, 0.3) is 0 Å². The van der Waals surface area contributed by atoms with E-state index in [1.54, 1.807) is 6.20 Å². The van der Waals surface area contributed by atoms with E-state index in [-0.39, 0.29) is 6.61 Å². The molecule has 2 N–H and O–H groups in total. The summed E-state index contributed by atoms with van der Waals surface area (Å²) in [6.07, 6.45) is 1.56. The minimum absolute atomic E-state index is 0.0143. The topological polar surface area (TPSA) is 61.3 Å². The van der Waals surface area contributed by atoms with Crippen molar-refractivity contribution in [1.82, 2.24) is 9.97 Å². The van der Waals surface area contributed by atoms with Crippen LogP contribution in [0.25, 0.3) is 0 Å². The van der Waals surface area contributed by atoms with Crippen LogP contribution >= 0.6 is 11.6 Å². The lowest BCUT2D eigenvalue weighted by molar-refractivity contribution is 0.215. The monoisotopic (exact) mass is 258 g/mol. The first-order chi connectivity index (χ1) is 7.92. The van der Waals surface area contributed by atoms with Gasteiger partial charge in [0, 0.05) is 13.6 Å². The Bertz CT molecular complexity index is 384. The minimum atomic E-state index is -0.429. The molecule has 96 valence electrons. The van der Waals surface area contributed by atoms with Gasteiger partial charge in [-0.15, -0.1) is 0 Å². The molecule has 1 heterocycles. The highest BCUT2D eigenvalue weighted by atomic mass is 35.5. The Kier molecular flexibility index (Phi) is 4.54. The third-order valence-corrected chi connectivity index (χ3v) is 2.94. The second kappa shape index (κ2) is 5.51. The number of aliphatic hydroxyl groups is 1. The maximum Gasteiger partial charge on any atom is 0.224 e. The number of nitrogens with one attached hydrogen (secondary N) is 1. The Hall–Kier alpha value is -1.07. The zero-order valence-corrected chi connectivity index (χ0v) is 11.4. The summed E-state index contributed by atoms with van der Waals surface area (Å²) < 4.78 is 0. The van der Waals surface area contributed by atoms with Crippen LogP contribution in [-0.4, -0.2) is 40.8 Å². The second-order valence-electron chi connectivity index (χ2n) is 4.43. The number of likely N-dealkylation sites (N-methyl/N-ethyl adjacent to an activating group) is 1. The van der Waals surface area contributed by atoms with E-state index in [2.05, 4.69) is 15.3 Å². The van der Waals surface area contributed by atoms with Crippen molar-refractivity contribution < 1.29 is 5.11 Å². The number of halogens is 1. The number of rotatable bonds is 5. The molecule has 1 rings (SSSR count). The van der Waals surface area contributed by atoms with Crippen molar-refractivity contribution in [2.24, 2.45) is 0 Å². The van der Waals surface area contributed by atoms with Crippen LogP contribution in [-0.2, 0) is 0 Å². The molecule has 0 radical (unpaired) electrons. The molecule has 0 saturated carbocycles. The lowest BCUT2D eigenvalue weighted by Crippen LogP contribution is -2.45. The molecule has 0 bridgehead atoms. The van der Waals surface area contributed by atoms with Gasteiger partial charge in [-0.2, -0.15) is 4.98 Å². The first-order valence-corrected chi connectivity index (χ1v) is 5.91. The van der Waals surface area contributed by atoms with Crippen molar-refractivity contribution in [3.8, 4) is 0 Å². The first-order valence-electron chi connectivity index (χ1n) is 5.53. The minimum Gasteiger partial charge on any atom is -0.394 e. The molecular weight excluding hydrogens is 240 g/mol. The molecule has 0 saturated heterocycles. The van der Waals surface area contributed by atoms with Gasteiger partial charge in [0.05, 0.1) is 18.3 Å². The van der Waals surface area contributed by atoms with Gasteiger partial charge in [-0.1, -0.05) is 11.6 Å². The molecule has 1 aromatic heterocycles. The Morgan fingerprint density at radius 2 is 2.18 bits per heavy atom. The predicted octanol–water partition coefficient (Wildman–Crippen LogP) is 1.77. The Morgan fingerprint density at radius 1 is 1.53 bits per heavy atom. The van der Waals surface area contributed by atoms with Crippen LogP contribution in [0.3, 0.4) is 0 Å². The van der Waals surface area contributed by atoms with E-state index < -0.39 is 5.54 Å². The van der Waals surface area contributed by atoms with Gasteiger partial charge >= 0.3 is 0 Å². The number of nitrogens with zero attached hydrogens (tertiary/aromatic N) is 3. The van der Waals surface area contributed by atoms with Gasteiger partial charge in [-0.25, -0.2) is 4.98 Å². The summed E-state index contributed by atoms with van der Waals surface area (Å²) in [5, 5.41) is 12.8. The van der Waals surface area contributed by atoms with E-state index in [9.17, 15) is 5.11 Å². The van der Waals surface area contributed by atoms with E-state index >= 15 is 0 Å². The van der Waals surface area contributed by atoms with Crippen LogP contribution in [0.4, 0.5) is 11.8 Å². The van der Waals surface area contributed by atoms with Crippen molar-refractivity contribution >= 4 is 23.4 Å². The number of aliphatic hydroxyl groups excluding tert-OH is 1. The lowest BCUT2D eigenvalue weighted by Gasteiger charge is -2.35. The summed E-state index contributed by atoms with van der Waals surface area (Å²) >= 11 is 6.08. The summed E-state index contributed by atoms with van der Waals surface area (Å²) in [6.45, 7) is 6.56. The molecule has 17 heavy (non-hydrogen) atoms. The Morgan fingerprint density at radius 3 is 2.71 bits per heavy atom. The summed E-state index contributed by atoms with van der Waals surface area (Å²) in [5.74, 6) is 1.14. The molecule has 0 spiro atoms. The summed E-state index contributed by atoms with van der Waals surface area (Å²) in [5.41, 5.74) is -0.429. The molecular formula is C11H19ClN4O. The SMILES string of the molecule is CCNc1ncc(Cl)c(N(C)C(C)(C)CO)n1. The maximum atomic E-state index is 9.35. The van der Waals surface area contributed by atoms with Crippen molar-refractivity contribution in [3.05, 3.63) is 11.2 Å². The van der Waals surface area contributed by atoms with Gasteiger partial charge in [-0.3, -0.25) is 0 Å². The van der Waals surface area contributed by atoms with E-state index in [1.165, 1.54) is 0 Å². The average molecular weight is 259 g/mol. The highest BCUT2D eigenvalue weighted by molar-refractivity contribution is 6.32. The number of hydrogen-bond acceptors (Lipinski definition) is 5. The van der Waals surface area contributed by atoms with Gasteiger partial charge in [0.2, 0.25) is 5.95 Å². The summed E-state index contributed by atoms with van der Waals surface area (Å²) in [4.78, 5) is 10.3. The van der Waals surface area contributed by atoms with Crippen LogP contribution in [0.5, 0.6) is 0 Å². The highest BCUT2D eigenvalue weighted by Crippen LogP contribution is 2.27. The smallest absolute Gasteiger partial charge is 0.224 e. The molecule has 0 aromatic carbocycles. The normalized spacial score (nSPS) is 11.4. The van der Waals surface area contributed by atoms with Crippen molar-refractivity contribution in [2.45, 2.75) is 26.3 Å². The van der Waals surface area contributed by atoms with Gasteiger partial charge in [-0.05, 0) is 20.8 Å². The molecule has 0 aliphatic rings. The average Bonchev–Trinajstić information content (AvgIpc) is 2.31. The van der Waals surface area contributed by atoms with E-state index in [4.69, 9.17) is 11.6 Å².